The fourth-order valence-electron chi connectivity index (χ4n) is 2.80. The number of nitrogens with zero attached hydrogens (tertiary/aromatic N) is 2. The normalized spacial score (nSPS) is 10.8. The highest BCUT2D eigenvalue weighted by Gasteiger charge is 2.08. The van der Waals surface area contributed by atoms with Crippen molar-refractivity contribution in [2.75, 3.05) is 13.2 Å². The van der Waals surface area contributed by atoms with Crippen molar-refractivity contribution in [3.05, 3.63) is 65.1 Å². The Kier molecular flexibility index (Phi) is 5.03. The van der Waals surface area contributed by atoms with Gasteiger partial charge in [0.1, 0.15) is 11.4 Å². The van der Waals surface area contributed by atoms with E-state index in [0.29, 0.717) is 13.0 Å². The van der Waals surface area contributed by atoms with Crippen LogP contribution in [0.3, 0.4) is 0 Å². The molecule has 2 heterocycles. The highest BCUT2D eigenvalue weighted by Crippen LogP contribution is 2.21. The van der Waals surface area contributed by atoms with Gasteiger partial charge in [0, 0.05) is 25.4 Å². The minimum Gasteiger partial charge on any atom is -0.483 e. The second kappa shape index (κ2) is 7.38. The van der Waals surface area contributed by atoms with E-state index in [-0.39, 0.29) is 12.5 Å². The Morgan fingerprint density at radius 1 is 1.20 bits per heavy atom. The SMILES string of the molecule is Cc1ccn2cc(CCNC(=O)COc3c(C)cccc3C)nc2c1. The van der Waals surface area contributed by atoms with E-state index < -0.39 is 0 Å². The number of aryl methyl sites for hydroxylation is 3. The summed E-state index contributed by atoms with van der Waals surface area (Å²) in [6.45, 7) is 6.56. The van der Waals surface area contributed by atoms with Crippen LogP contribution in [0.15, 0.2) is 42.7 Å². The number of para-hydroxylation sites is 1. The van der Waals surface area contributed by atoms with Gasteiger partial charge in [-0.15, -0.1) is 0 Å². The third kappa shape index (κ3) is 4.18. The molecule has 0 fully saturated rings. The molecule has 1 aromatic carbocycles. The summed E-state index contributed by atoms with van der Waals surface area (Å²) in [5.41, 5.74) is 5.14. The van der Waals surface area contributed by atoms with Crippen LogP contribution in [-0.4, -0.2) is 28.4 Å². The summed E-state index contributed by atoms with van der Waals surface area (Å²) in [6, 6.07) is 10.0. The van der Waals surface area contributed by atoms with Crippen LogP contribution >= 0.6 is 0 Å². The summed E-state index contributed by atoms with van der Waals surface area (Å²) in [5.74, 6) is 0.663. The molecule has 0 bridgehead atoms. The minimum atomic E-state index is -0.123. The molecule has 2 aromatic heterocycles. The summed E-state index contributed by atoms with van der Waals surface area (Å²) in [5, 5.41) is 2.88. The summed E-state index contributed by atoms with van der Waals surface area (Å²) in [4.78, 5) is 16.6. The minimum absolute atomic E-state index is 0.0239. The molecule has 0 saturated heterocycles. The van der Waals surface area contributed by atoms with Crippen molar-refractivity contribution < 1.29 is 9.53 Å². The zero-order chi connectivity index (χ0) is 17.8. The fourth-order valence-corrected chi connectivity index (χ4v) is 2.80. The van der Waals surface area contributed by atoms with Crippen LogP contribution in [0.5, 0.6) is 5.75 Å². The van der Waals surface area contributed by atoms with Gasteiger partial charge >= 0.3 is 0 Å². The summed E-state index contributed by atoms with van der Waals surface area (Å²) in [7, 11) is 0. The number of carbonyl (C=O) groups is 1. The van der Waals surface area contributed by atoms with Gasteiger partial charge in [0.05, 0.1) is 5.69 Å². The first-order chi connectivity index (χ1) is 12.0. The van der Waals surface area contributed by atoms with Crippen molar-refractivity contribution in [3.8, 4) is 5.75 Å². The van der Waals surface area contributed by atoms with E-state index >= 15 is 0 Å². The highest BCUT2D eigenvalue weighted by molar-refractivity contribution is 5.77. The number of amides is 1. The maximum absolute atomic E-state index is 12.0. The lowest BCUT2D eigenvalue weighted by molar-refractivity contribution is -0.123. The molecular formula is C20H23N3O2. The number of imidazole rings is 1. The van der Waals surface area contributed by atoms with Gasteiger partial charge in [-0.25, -0.2) is 4.98 Å². The molecule has 1 N–H and O–H groups in total. The molecule has 3 rings (SSSR count). The fraction of sp³-hybridized carbons (Fsp3) is 0.300. The van der Waals surface area contributed by atoms with E-state index in [4.69, 9.17) is 4.74 Å². The molecule has 0 spiro atoms. The number of hydrogen-bond acceptors (Lipinski definition) is 3. The first-order valence-electron chi connectivity index (χ1n) is 8.43. The van der Waals surface area contributed by atoms with Crippen LogP contribution in [0.4, 0.5) is 0 Å². The number of carbonyl (C=O) groups excluding carboxylic acids is 1. The van der Waals surface area contributed by atoms with Gasteiger partial charge in [-0.05, 0) is 49.6 Å². The molecule has 130 valence electrons. The summed E-state index contributed by atoms with van der Waals surface area (Å²) in [6.07, 6.45) is 4.68. The molecule has 25 heavy (non-hydrogen) atoms. The van der Waals surface area contributed by atoms with E-state index in [2.05, 4.69) is 10.3 Å². The number of pyridine rings is 1. The molecule has 0 unspecified atom stereocenters. The zero-order valence-corrected chi connectivity index (χ0v) is 14.9. The van der Waals surface area contributed by atoms with Crippen LogP contribution < -0.4 is 10.1 Å². The molecule has 0 aliphatic carbocycles. The average molecular weight is 337 g/mol. The van der Waals surface area contributed by atoms with Gasteiger partial charge < -0.3 is 14.5 Å². The first-order valence-corrected chi connectivity index (χ1v) is 8.43. The second-order valence-corrected chi connectivity index (χ2v) is 6.31. The van der Waals surface area contributed by atoms with E-state index in [0.717, 1.165) is 28.2 Å². The number of rotatable bonds is 6. The maximum atomic E-state index is 12.0. The van der Waals surface area contributed by atoms with Crippen molar-refractivity contribution in [2.24, 2.45) is 0 Å². The third-order valence-corrected chi connectivity index (χ3v) is 4.13. The number of hydrogen-bond donors (Lipinski definition) is 1. The number of benzene rings is 1. The van der Waals surface area contributed by atoms with Gasteiger partial charge in [-0.1, -0.05) is 18.2 Å². The van der Waals surface area contributed by atoms with Crippen LogP contribution in [0.2, 0.25) is 0 Å². The predicted molar refractivity (Wildman–Crippen MR) is 98.1 cm³/mol. The second-order valence-electron chi connectivity index (χ2n) is 6.31. The maximum Gasteiger partial charge on any atom is 0.257 e. The Balaban J connectivity index is 1.49. The lowest BCUT2D eigenvalue weighted by atomic mass is 10.1. The van der Waals surface area contributed by atoms with Gasteiger partial charge in [-0.2, -0.15) is 0 Å². The van der Waals surface area contributed by atoms with Crippen molar-refractivity contribution in [1.82, 2.24) is 14.7 Å². The lowest BCUT2D eigenvalue weighted by Crippen LogP contribution is -2.30. The largest absolute Gasteiger partial charge is 0.483 e. The molecule has 0 saturated carbocycles. The standard InChI is InChI=1S/C20H23N3O2/c1-14-8-10-23-12-17(22-18(23)11-14)7-9-21-19(24)13-25-20-15(2)5-4-6-16(20)3/h4-6,8,10-12H,7,9,13H2,1-3H3,(H,21,24). The molecule has 1 amide bonds. The number of fused-ring (bicyclic) bond motifs is 1. The third-order valence-electron chi connectivity index (χ3n) is 4.13. The average Bonchev–Trinajstić information content (AvgIpc) is 2.96. The quantitative estimate of drug-likeness (QED) is 0.752. The highest BCUT2D eigenvalue weighted by atomic mass is 16.5. The van der Waals surface area contributed by atoms with Crippen molar-refractivity contribution >= 4 is 11.6 Å². The molecular weight excluding hydrogens is 314 g/mol. The molecule has 5 heteroatoms. The van der Waals surface area contributed by atoms with E-state index in [1.807, 2.05) is 67.9 Å². The van der Waals surface area contributed by atoms with E-state index in [9.17, 15) is 4.79 Å². The van der Waals surface area contributed by atoms with Gasteiger partial charge in [0.15, 0.2) is 6.61 Å². The molecule has 3 aromatic rings. The van der Waals surface area contributed by atoms with Crippen molar-refractivity contribution in [1.29, 1.82) is 0 Å². The number of ether oxygens (including phenoxy) is 1. The molecule has 0 aliphatic heterocycles. The Morgan fingerprint density at radius 3 is 2.72 bits per heavy atom. The van der Waals surface area contributed by atoms with Crippen LogP contribution in [0.1, 0.15) is 22.4 Å². The van der Waals surface area contributed by atoms with Gasteiger partial charge in [0.2, 0.25) is 0 Å². The lowest BCUT2D eigenvalue weighted by Gasteiger charge is -2.11. The Hall–Kier alpha value is -2.82. The van der Waals surface area contributed by atoms with Gasteiger partial charge in [0.25, 0.3) is 5.91 Å². The number of aromatic nitrogens is 2. The van der Waals surface area contributed by atoms with Gasteiger partial charge in [-0.3, -0.25) is 4.79 Å². The molecule has 0 radical (unpaired) electrons. The molecule has 0 atom stereocenters. The van der Waals surface area contributed by atoms with E-state index in [1.54, 1.807) is 0 Å². The summed E-state index contributed by atoms with van der Waals surface area (Å²) >= 11 is 0. The van der Waals surface area contributed by atoms with Crippen LogP contribution in [0, 0.1) is 20.8 Å². The predicted octanol–water partition coefficient (Wildman–Crippen LogP) is 3.00. The van der Waals surface area contributed by atoms with Crippen molar-refractivity contribution in [2.45, 2.75) is 27.2 Å². The topological polar surface area (TPSA) is 55.6 Å². The van der Waals surface area contributed by atoms with Crippen molar-refractivity contribution in [3.63, 3.8) is 0 Å². The Bertz CT molecular complexity index is 879. The summed E-state index contributed by atoms with van der Waals surface area (Å²) < 4.78 is 7.66. The monoisotopic (exact) mass is 337 g/mol. The number of nitrogens with one attached hydrogen (secondary N) is 1. The van der Waals surface area contributed by atoms with E-state index in [1.165, 1.54) is 5.56 Å². The van der Waals surface area contributed by atoms with Crippen LogP contribution in [0.25, 0.3) is 5.65 Å². The Labute approximate surface area is 147 Å². The zero-order valence-electron chi connectivity index (χ0n) is 14.9. The molecule has 0 aliphatic rings. The first kappa shape index (κ1) is 17.0. The molecule has 5 nitrogen and oxygen atoms in total. The Morgan fingerprint density at radius 2 is 1.96 bits per heavy atom. The smallest absolute Gasteiger partial charge is 0.257 e. The van der Waals surface area contributed by atoms with Crippen LogP contribution in [-0.2, 0) is 11.2 Å².